The number of aryl methyl sites for hydroxylation is 1. The van der Waals surface area contributed by atoms with Gasteiger partial charge >= 0.3 is 0 Å². The molecule has 1 amide bonds. The maximum atomic E-state index is 12.8. The summed E-state index contributed by atoms with van der Waals surface area (Å²) in [4.78, 5) is 17.0. The van der Waals surface area contributed by atoms with Gasteiger partial charge in [0, 0.05) is 39.0 Å². The normalized spacial score (nSPS) is 15.7. The molecule has 1 fully saturated rings. The van der Waals surface area contributed by atoms with Crippen LogP contribution in [0.15, 0.2) is 47.4 Å². The first-order valence-electron chi connectivity index (χ1n) is 8.81. The molecule has 0 aromatic heterocycles. The van der Waals surface area contributed by atoms with E-state index in [4.69, 9.17) is 11.6 Å². The quantitative estimate of drug-likeness (QED) is 0.783. The van der Waals surface area contributed by atoms with E-state index < -0.39 is 9.84 Å². The van der Waals surface area contributed by atoms with Crippen LogP contribution < -0.4 is 0 Å². The third kappa shape index (κ3) is 4.69. The van der Waals surface area contributed by atoms with Crippen molar-refractivity contribution in [2.75, 3.05) is 32.4 Å². The number of nitrogens with zero attached hydrogens (tertiary/aromatic N) is 2. The Morgan fingerprint density at radius 3 is 2.37 bits per heavy atom. The molecule has 3 rings (SSSR count). The highest BCUT2D eigenvalue weighted by atomic mass is 35.5. The van der Waals surface area contributed by atoms with Crippen LogP contribution in [0.1, 0.15) is 21.5 Å². The summed E-state index contributed by atoms with van der Waals surface area (Å²) in [5.41, 5.74) is 2.80. The van der Waals surface area contributed by atoms with Crippen LogP contribution in [0.4, 0.5) is 0 Å². The van der Waals surface area contributed by atoms with Crippen molar-refractivity contribution in [2.24, 2.45) is 0 Å². The molecular weight excluding hydrogens is 384 g/mol. The predicted molar refractivity (Wildman–Crippen MR) is 107 cm³/mol. The number of rotatable bonds is 4. The van der Waals surface area contributed by atoms with E-state index in [9.17, 15) is 13.2 Å². The average molecular weight is 407 g/mol. The highest BCUT2D eigenvalue weighted by Crippen LogP contribution is 2.23. The Kier molecular flexibility index (Phi) is 5.89. The van der Waals surface area contributed by atoms with Gasteiger partial charge in [-0.3, -0.25) is 9.69 Å². The molecule has 0 atom stereocenters. The molecule has 0 aliphatic carbocycles. The number of halogens is 1. The van der Waals surface area contributed by atoms with E-state index in [2.05, 4.69) is 24.0 Å². The molecule has 2 aromatic carbocycles. The van der Waals surface area contributed by atoms with Crippen LogP contribution in [0.3, 0.4) is 0 Å². The third-order valence-corrected chi connectivity index (χ3v) is 6.35. The summed E-state index contributed by atoms with van der Waals surface area (Å²) in [6.07, 6.45) is 1.12. The van der Waals surface area contributed by atoms with Gasteiger partial charge in [0.15, 0.2) is 9.84 Å². The van der Waals surface area contributed by atoms with Crippen molar-refractivity contribution >= 4 is 27.3 Å². The SMILES string of the molecule is Cc1ccccc1CN1CCN(C(=O)c2cc(S(C)(=O)=O)ccc2Cl)CC1. The van der Waals surface area contributed by atoms with Crippen LogP contribution in [0.2, 0.25) is 5.02 Å². The summed E-state index contributed by atoms with van der Waals surface area (Å²) in [5.74, 6) is -0.221. The number of amides is 1. The molecule has 0 unspecified atom stereocenters. The van der Waals surface area contributed by atoms with E-state index in [-0.39, 0.29) is 21.4 Å². The number of sulfone groups is 1. The molecule has 1 aliphatic heterocycles. The second kappa shape index (κ2) is 8.00. The molecule has 1 heterocycles. The zero-order valence-corrected chi connectivity index (χ0v) is 17.1. The largest absolute Gasteiger partial charge is 0.336 e. The maximum Gasteiger partial charge on any atom is 0.255 e. The van der Waals surface area contributed by atoms with Crippen molar-refractivity contribution in [2.45, 2.75) is 18.4 Å². The smallest absolute Gasteiger partial charge is 0.255 e. The summed E-state index contributed by atoms with van der Waals surface area (Å²) < 4.78 is 23.5. The van der Waals surface area contributed by atoms with Gasteiger partial charge in [-0.1, -0.05) is 35.9 Å². The van der Waals surface area contributed by atoms with Crippen LogP contribution >= 0.6 is 11.6 Å². The van der Waals surface area contributed by atoms with Gasteiger partial charge in [0.25, 0.3) is 5.91 Å². The summed E-state index contributed by atoms with van der Waals surface area (Å²) >= 11 is 6.16. The molecule has 0 bridgehead atoms. The fourth-order valence-corrected chi connectivity index (χ4v) is 4.05. The van der Waals surface area contributed by atoms with Gasteiger partial charge in [-0.15, -0.1) is 0 Å². The Morgan fingerprint density at radius 1 is 1.07 bits per heavy atom. The topological polar surface area (TPSA) is 57.7 Å². The molecule has 2 aromatic rings. The van der Waals surface area contributed by atoms with E-state index >= 15 is 0 Å². The van der Waals surface area contributed by atoms with E-state index in [1.54, 1.807) is 4.90 Å². The van der Waals surface area contributed by atoms with Crippen LogP contribution in [-0.4, -0.2) is 56.6 Å². The number of hydrogen-bond donors (Lipinski definition) is 0. The summed E-state index contributed by atoms with van der Waals surface area (Å²) in [6.45, 7) is 5.67. The van der Waals surface area contributed by atoms with Gasteiger partial charge in [0.1, 0.15) is 0 Å². The number of benzene rings is 2. The molecule has 5 nitrogen and oxygen atoms in total. The fourth-order valence-electron chi connectivity index (χ4n) is 3.21. The lowest BCUT2D eigenvalue weighted by Gasteiger charge is -2.35. The average Bonchev–Trinajstić information content (AvgIpc) is 2.63. The fraction of sp³-hybridized carbons (Fsp3) is 0.350. The molecule has 0 radical (unpaired) electrons. The first-order chi connectivity index (χ1) is 12.8. The van der Waals surface area contributed by atoms with Crippen molar-refractivity contribution in [3.8, 4) is 0 Å². The van der Waals surface area contributed by atoms with Crippen molar-refractivity contribution in [3.05, 3.63) is 64.2 Å². The van der Waals surface area contributed by atoms with Gasteiger partial charge in [0.05, 0.1) is 15.5 Å². The van der Waals surface area contributed by atoms with Crippen LogP contribution in [-0.2, 0) is 16.4 Å². The predicted octanol–water partition coefficient (Wildman–Crippen LogP) is 3.01. The van der Waals surface area contributed by atoms with Crippen molar-refractivity contribution in [1.82, 2.24) is 9.80 Å². The van der Waals surface area contributed by atoms with Crippen LogP contribution in [0.5, 0.6) is 0 Å². The molecule has 0 N–H and O–H groups in total. The van der Waals surface area contributed by atoms with Gasteiger partial charge in [-0.05, 0) is 36.2 Å². The molecule has 7 heteroatoms. The van der Waals surface area contributed by atoms with Gasteiger partial charge < -0.3 is 4.90 Å². The molecule has 1 saturated heterocycles. The third-order valence-electron chi connectivity index (χ3n) is 4.91. The Balaban J connectivity index is 1.68. The molecule has 27 heavy (non-hydrogen) atoms. The van der Waals surface area contributed by atoms with Gasteiger partial charge in [0.2, 0.25) is 0 Å². The number of hydrogen-bond acceptors (Lipinski definition) is 4. The first-order valence-corrected chi connectivity index (χ1v) is 11.1. The summed E-state index contributed by atoms with van der Waals surface area (Å²) in [7, 11) is -3.39. The zero-order valence-electron chi connectivity index (χ0n) is 15.5. The lowest BCUT2D eigenvalue weighted by molar-refractivity contribution is 0.0628. The Bertz CT molecular complexity index is 951. The minimum absolute atomic E-state index is 0.105. The van der Waals surface area contributed by atoms with Crippen LogP contribution in [0, 0.1) is 6.92 Å². The number of carbonyl (C=O) groups excluding carboxylic acids is 1. The second-order valence-corrected chi connectivity index (χ2v) is 9.33. The Labute approximate surface area is 165 Å². The molecule has 0 spiro atoms. The van der Waals surface area contributed by atoms with Gasteiger partial charge in [-0.25, -0.2) is 8.42 Å². The zero-order chi connectivity index (χ0) is 19.6. The number of piperazine rings is 1. The lowest BCUT2D eigenvalue weighted by Crippen LogP contribution is -2.48. The highest BCUT2D eigenvalue weighted by Gasteiger charge is 2.25. The second-order valence-electron chi connectivity index (χ2n) is 6.91. The van der Waals surface area contributed by atoms with E-state index in [0.717, 1.165) is 25.9 Å². The Hall–Kier alpha value is -1.89. The first kappa shape index (κ1) is 19.9. The van der Waals surface area contributed by atoms with Crippen molar-refractivity contribution < 1.29 is 13.2 Å². The maximum absolute atomic E-state index is 12.8. The molecule has 1 aliphatic rings. The molecule has 144 valence electrons. The lowest BCUT2D eigenvalue weighted by atomic mass is 10.1. The van der Waals surface area contributed by atoms with Crippen molar-refractivity contribution in [1.29, 1.82) is 0 Å². The minimum Gasteiger partial charge on any atom is -0.336 e. The molecule has 0 saturated carbocycles. The monoisotopic (exact) mass is 406 g/mol. The summed E-state index contributed by atoms with van der Waals surface area (Å²) in [5, 5.41) is 0.273. The van der Waals surface area contributed by atoms with E-state index in [0.29, 0.717) is 13.1 Å². The minimum atomic E-state index is -3.39. The summed E-state index contributed by atoms with van der Waals surface area (Å²) in [6, 6.07) is 12.6. The standard InChI is InChI=1S/C20H23ClN2O3S/c1-15-5-3-4-6-16(15)14-22-9-11-23(12-10-22)20(24)18-13-17(27(2,25)26)7-8-19(18)21/h3-8,13H,9-12,14H2,1-2H3. The van der Waals surface area contributed by atoms with Crippen molar-refractivity contribution in [3.63, 3.8) is 0 Å². The highest BCUT2D eigenvalue weighted by molar-refractivity contribution is 7.90. The van der Waals surface area contributed by atoms with E-state index in [1.165, 1.54) is 29.3 Å². The van der Waals surface area contributed by atoms with E-state index in [1.807, 2.05) is 12.1 Å². The molecular formula is C20H23ClN2O3S. The van der Waals surface area contributed by atoms with Gasteiger partial charge in [-0.2, -0.15) is 0 Å². The van der Waals surface area contributed by atoms with Crippen LogP contribution in [0.25, 0.3) is 0 Å². The number of carbonyl (C=O) groups is 1. The Morgan fingerprint density at radius 2 is 1.74 bits per heavy atom.